The Hall–Kier alpha value is -2.86. The third kappa shape index (κ3) is 1.70. The Morgan fingerprint density at radius 2 is 1.52 bits per heavy atom. The second-order valence-corrected chi connectivity index (χ2v) is 4.70. The van der Waals surface area contributed by atoms with Crippen molar-refractivity contribution in [3.63, 3.8) is 0 Å². The van der Waals surface area contributed by atoms with Crippen LogP contribution in [0.15, 0.2) is 24.3 Å². The molecule has 2 aromatic rings. The van der Waals surface area contributed by atoms with Crippen LogP contribution in [0.25, 0.3) is 0 Å². The van der Waals surface area contributed by atoms with Crippen LogP contribution < -0.4 is 0 Å². The number of carbonyl (C=O) groups is 2. The van der Waals surface area contributed by atoms with E-state index in [-0.39, 0.29) is 33.6 Å². The molecule has 21 heavy (non-hydrogen) atoms. The van der Waals surface area contributed by atoms with E-state index in [1.807, 2.05) is 0 Å². The van der Waals surface area contributed by atoms with Crippen molar-refractivity contribution in [2.45, 2.75) is 6.61 Å². The van der Waals surface area contributed by atoms with Crippen LogP contribution in [0.2, 0.25) is 0 Å². The molecule has 3 rings (SSSR count). The summed E-state index contributed by atoms with van der Waals surface area (Å²) in [5.74, 6) is -2.54. The lowest BCUT2D eigenvalue weighted by Gasteiger charge is -2.20. The maximum atomic E-state index is 12.4. The molecule has 0 radical (unpaired) electrons. The number of fused-ring (bicyclic) bond motifs is 2. The zero-order valence-electron chi connectivity index (χ0n) is 10.6. The fourth-order valence-corrected chi connectivity index (χ4v) is 2.47. The molecule has 0 saturated carbocycles. The van der Waals surface area contributed by atoms with Crippen molar-refractivity contribution in [3.8, 4) is 17.2 Å². The van der Waals surface area contributed by atoms with Gasteiger partial charge in [0.25, 0.3) is 0 Å². The number of hydrogen-bond donors (Lipinski definition) is 4. The van der Waals surface area contributed by atoms with E-state index < -0.39 is 29.7 Å². The summed E-state index contributed by atoms with van der Waals surface area (Å²) in [7, 11) is 0. The molecule has 106 valence electrons. The zero-order chi connectivity index (χ0) is 15.3. The first-order valence-electron chi connectivity index (χ1n) is 6.06. The summed E-state index contributed by atoms with van der Waals surface area (Å²) in [6, 6.07) is 4.71. The predicted octanol–water partition coefficient (Wildman–Crippen LogP) is 1.07. The normalized spacial score (nSPS) is 13.0. The largest absolute Gasteiger partial charge is 0.508 e. The van der Waals surface area contributed by atoms with Crippen LogP contribution >= 0.6 is 0 Å². The molecule has 1 aliphatic carbocycles. The van der Waals surface area contributed by atoms with Gasteiger partial charge in [-0.15, -0.1) is 0 Å². The van der Waals surface area contributed by atoms with Crippen molar-refractivity contribution < 1.29 is 30.0 Å². The number of phenolic OH excluding ortho intramolecular Hbond substituents is 2. The van der Waals surface area contributed by atoms with Gasteiger partial charge in [-0.25, -0.2) is 0 Å². The molecule has 0 bridgehead atoms. The molecule has 6 heteroatoms. The van der Waals surface area contributed by atoms with Crippen LogP contribution in [0.3, 0.4) is 0 Å². The molecule has 0 saturated heterocycles. The minimum atomic E-state index is -0.696. The van der Waals surface area contributed by atoms with Gasteiger partial charge in [-0.2, -0.15) is 0 Å². The standard InChI is InChI=1S/C15H10O6/c16-5-6-3-10(18)11-12(13(6)19)15(21)9-4-7(17)1-2-8(9)14(11)20/h1-4,16-19H,5H2. The summed E-state index contributed by atoms with van der Waals surface area (Å²) in [4.78, 5) is 24.8. The van der Waals surface area contributed by atoms with Gasteiger partial charge < -0.3 is 20.4 Å². The van der Waals surface area contributed by atoms with E-state index in [9.17, 15) is 24.9 Å². The van der Waals surface area contributed by atoms with Gasteiger partial charge >= 0.3 is 0 Å². The average molecular weight is 286 g/mol. The summed E-state index contributed by atoms with van der Waals surface area (Å²) in [6.07, 6.45) is 0. The van der Waals surface area contributed by atoms with E-state index in [1.165, 1.54) is 12.1 Å². The molecule has 1 aliphatic rings. The number of ketones is 2. The highest BCUT2D eigenvalue weighted by Gasteiger charge is 2.35. The van der Waals surface area contributed by atoms with Crippen LogP contribution in [0, 0.1) is 0 Å². The van der Waals surface area contributed by atoms with Crippen molar-refractivity contribution >= 4 is 11.6 Å². The average Bonchev–Trinajstić information content (AvgIpc) is 2.46. The Kier molecular flexibility index (Phi) is 2.70. The molecule has 0 aliphatic heterocycles. The molecule has 0 atom stereocenters. The lowest BCUT2D eigenvalue weighted by Crippen LogP contribution is -2.21. The fraction of sp³-hybridized carbons (Fsp3) is 0.0667. The lowest BCUT2D eigenvalue weighted by atomic mass is 9.82. The van der Waals surface area contributed by atoms with Gasteiger partial charge in [0.15, 0.2) is 11.6 Å². The fourth-order valence-electron chi connectivity index (χ4n) is 2.47. The summed E-state index contributed by atoms with van der Waals surface area (Å²) in [5, 5.41) is 38.5. The molecule has 6 nitrogen and oxygen atoms in total. The number of benzene rings is 2. The second kappa shape index (κ2) is 4.32. The Labute approximate surface area is 118 Å². The third-order valence-electron chi connectivity index (χ3n) is 3.47. The molecule has 2 aromatic carbocycles. The quantitative estimate of drug-likeness (QED) is 0.497. The maximum absolute atomic E-state index is 12.4. The highest BCUT2D eigenvalue weighted by molar-refractivity contribution is 6.30. The first kappa shape index (κ1) is 13.1. The summed E-state index contributed by atoms with van der Waals surface area (Å²) in [6.45, 7) is -0.596. The number of aromatic hydroxyl groups is 3. The maximum Gasteiger partial charge on any atom is 0.198 e. The van der Waals surface area contributed by atoms with E-state index in [4.69, 9.17) is 5.11 Å². The highest BCUT2D eigenvalue weighted by Crippen LogP contribution is 2.40. The van der Waals surface area contributed by atoms with Gasteiger partial charge in [0, 0.05) is 16.7 Å². The van der Waals surface area contributed by atoms with E-state index in [1.54, 1.807) is 0 Å². The Balaban J connectivity index is 2.38. The van der Waals surface area contributed by atoms with Gasteiger partial charge in [0.2, 0.25) is 0 Å². The van der Waals surface area contributed by atoms with Gasteiger partial charge in [-0.05, 0) is 24.3 Å². The molecule has 0 heterocycles. The topological polar surface area (TPSA) is 115 Å². The zero-order valence-corrected chi connectivity index (χ0v) is 10.6. The Bertz CT molecular complexity index is 806. The number of aliphatic hydroxyl groups excluding tert-OH is 1. The highest BCUT2D eigenvalue weighted by atomic mass is 16.3. The van der Waals surface area contributed by atoms with Crippen LogP contribution in [0.4, 0.5) is 0 Å². The number of aliphatic hydroxyl groups is 1. The van der Waals surface area contributed by atoms with E-state index >= 15 is 0 Å². The Morgan fingerprint density at radius 1 is 0.857 bits per heavy atom. The number of carbonyl (C=O) groups excluding carboxylic acids is 2. The summed E-state index contributed by atoms with van der Waals surface area (Å²) >= 11 is 0. The van der Waals surface area contributed by atoms with Gasteiger partial charge in [0.05, 0.1) is 17.7 Å². The number of hydrogen-bond acceptors (Lipinski definition) is 6. The molecule has 0 spiro atoms. The number of phenols is 3. The van der Waals surface area contributed by atoms with Crippen molar-refractivity contribution in [2.24, 2.45) is 0 Å². The van der Waals surface area contributed by atoms with E-state index in [2.05, 4.69) is 0 Å². The van der Waals surface area contributed by atoms with Gasteiger partial charge in [-0.1, -0.05) is 0 Å². The second-order valence-electron chi connectivity index (χ2n) is 4.70. The smallest absolute Gasteiger partial charge is 0.198 e. The van der Waals surface area contributed by atoms with Gasteiger partial charge in [-0.3, -0.25) is 9.59 Å². The minimum absolute atomic E-state index is 0.0387. The Morgan fingerprint density at radius 3 is 2.19 bits per heavy atom. The first-order valence-corrected chi connectivity index (χ1v) is 6.06. The molecule has 0 aromatic heterocycles. The summed E-state index contributed by atoms with van der Waals surface area (Å²) < 4.78 is 0. The molecule has 0 fully saturated rings. The van der Waals surface area contributed by atoms with Crippen molar-refractivity contribution in [3.05, 3.63) is 52.1 Å². The van der Waals surface area contributed by atoms with E-state index in [0.717, 1.165) is 12.1 Å². The molecule has 0 amide bonds. The molecular formula is C15H10O6. The molecular weight excluding hydrogens is 276 g/mol. The molecule has 4 N–H and O–H groups in total. The van der Waals surface area contributed by atoms with Gasteiger partial charge in [0.1, 0.15) is 17.2 Å². The molecule has 0 unspecified atom stereocenters. The minimum Gasteiger partial charge on any atom is -0.508 e. The van der Waals surface area contributed by atoms with Crippen LogP contribution in [-0.2, 0) is 6.61 Å². The van der Waals surface area contributed by atoms with Crippen molar-refractivity contribution in [1.29, 1.82) is 0 Å². The van der Waals surface area contributed by atoms with Crippen molar-refractivity contribution in [2.75, 3.05) is 0 Å². The third-order valence-corrected chi connectivity index (χ3v) is 3.47. The monoisotopic (exact) mass is 286 g/mol. The lowest BCUT2D eigenvalue weighted by molar-refractivity contribution is 0.0973. The first-order chi connectivity index (χ1) is 9.95. The summed E-state index contributed by atoms with van der Waals surface area (Å²) in [5.41, 5.74) is -0.736. The van der Waals surface area contributed by atoms with Crippen LogP contribution in [0.5, 0.6) is 17.2 Å². The predicted molar refractivity (Wildman–Crippen MR) is 70.7 cm³/mol. The van der Waals surface area contributed by atoms with Crippen molar-refractivity contribution in [1.82, 2.24) is 0 Å². The van der Waals surface area contributed by atoms with Crippen LogP contribution in [0.1, 0.15) is 37.4 Å². The van der Waals surface area contributed by atoms with E-state index in [0.29, 0.717) is 0 Å². The number of rotatable bonds is 1. The van der Waals surface area contributed by atoms with Crippen LogP contribution in [-0.4, -0.2) is 32.0 Å². The SMILES string of the molecule is O=C1c2ccc(O)cc2C(=O)c2c(O)c(CO)cc(O)c21.